The van der Waals surface area contributed by atoms with Gasteiger partial charge >= 0.3 is 0 Å². The second-order valence-electron chi connectivity index (χ2n) is 4.09. The number of nitrogens with zero attached hydrogens (tertiary/aromatic N) is 4. The number of tetrazole rings is 1. The molecular formula is C10H12BrN5O2S. The minimum atomic E-state index is -3.06. The maximum atomic E-state index is 11.2. The summed E-state index contributed by atoms with van der Waals surface area (Å²) in [4.78, 5) is 0. The molecule has 2 N–H and O–H groups in total. The number of halogens is 1. The molecule has 0 atom stereocenters. The molecule has 0 saturated carbocycles. The summed E-state index contributed by atoms with van der Waals surface area (Å²) in [5, 5.41) is 11.2. The molecule has 2 aromatic rings. The second-order valence-corrected chi connectivity index (χ2v) is 7.21. The van der Waals surface area contributed by atoms with Gasteiger partial charge in [0.2, 0.25) is 0 Å². The van der Waals surface area contributed by atoms with E-state index in [-0.39, 0.29) is 12.3 Å². The largest absolute Gasteiger partial charge is 0.398 e. The number of nitrogen functional groups attached to an aromatic ring is 1. The highest BCUT2D eigenvalue weighted by atomic mass is 79.9. The molecule has 1 heterocycles. The predicted octanol–water partition coefficient (Wildman–Crippen LogP) is 0.729. The Kier molecular flexibility index (Phi) is 3.85. The summed E-state index contributed by atoms with van der Waals surface area (Å²) in [6.07, 6.45) is 1.18. The number of benzene rings is 1. The third-order valence-electron chi connectivity index (χ3n) is 2.46. The van der Waals surface area contributed by atoms with Crippen LogP contribution in [0, 0.1) is 0 Å². The third kappa shape index (κ3) is 3.51. The lowest BCUT2D eigenvalue weighted by molar-refractivity contribution is 0.581. The zero-order chi connectivity index (χ0) is 14.0. The van der Waals surface area contributed by atoms with Gasteiger partial charge in [0.05, 0.1) is 12.3 Å². The zero-order valence-electron chi connectivity index (χ0n) is 10.1. The van der Waals surface area contributed by atoms with Gasteiger partial charge in [-0.1, -0.05) is 0 Å². The van der Waals surface area contributed by atoms with Crippen LogP contribution in [-0.2, 0) is 16.4 Å². The van der Waals surface area contributed by atoms with E-state index in [0.29, 0.717) is 11.5 Å². The van der Waals surface area contributed by atoms with Gasteiger partial charge in [-0.15, -0.1) is 5.10 Å². The first-order valence-corrected chi connectivity index (χ1v) is 8.21. The number of hydrogen-bond acceptors (Lipinski definition) is 6. The van der Waals surface area contributed by atoms with Crippen LogP contribution in [0.2, 0.25) is 0 Å². The number of anilines is 1. The van der Waals surface area contributed by atoms with E-state index >= 15 is 0 Å². The molecule has 0 amide bonds. The molecule has 0 spiro atoms. The topological polar surface area (TPSA) is 104 Å². The summed E-state index contributed by atoms with van der Waals surface area (Å²) < 4.78 is 24.6. The second kappa shape index (κ2) is 5.25. The molecule has 0 radical (unpaired) electrons. The minimum Gasteiger partial charge on any atom is -0.398 e. The highest BCUT2D eigenvalue weighted by molar-refractivity contribution is 9.10. The predicted molar refractivity (Wildman–Crippen MR) is 75.1 cm³/mol. The van der Waals surface area contributed by atoms with Crippen LogP contribution in [0.25, 0.3) is 11.4 Å². The number of aryl methyl sites for hydroxylation is 1. The fraction of sp³-hybridized carbons (Fsp3) is 0.300. The molecule has 0 unspecified atom stereocenters. The van der Waals surface area contributed by atoms with Gasteiger partial charge in [-0.3, -0.25) is 0 Å². The molecule has 2 rings (SSSR count). The monoisotopic (exact) mass is 345 g/mol. The lowest BCUT2D eigenvalue weighted by Crippen LogP contribution is -2.13. The molecule has 0 saturated heterocycles. The molecule has 0 aliphatic rings. The van der Waals surface area contributed by atoms with Crippen molar-refractivity contribution in [2.45, 2.75) is 6.54 Å². The average Bonchev–Trinajstić information content (AvgIpc) is 2.77. The van der Waals surface area contributed by atoms with Crippen LogP contribution in [0.4, 0.5) is 5.69 Å². The van der Waals surface area contributed by atoms with Gasteiger partial charge in [0.1, 0.15) is 9.84 Å². The van der Waals surface area contributed by atoms with E-state index in [9.17, 15) is 8.42 Å². The van der Waals surface area contributed by atoms with Gasteiger partial charge in [-0.05, 0) is 44.6 Å². The van der Waals surface area contributed by atoms with Crippen molar-refractivity contribution in [3.8, 4) is 11.4 Å². The summed E-state index contributed by atoms with van der Waals surface area (Å²) >= 11 is 3.31. The smallest absolute Gasteiger partial charge is 0.182 e. The van der Waals surface area contributed by atoms with Crippen molar-refractivity contribution in [2.24, 2.45) is 0 Å². The van der Waals surface area contributed by atoms with Crippen molar-refractivity contribution in [1.29, 1.82) is 0 Å². The zero-order valence-corrected chi connectivity index (χ0v) is 12.5. The van der Waals surface area contributed by atoms with Crippen LogP contribution in [0.3, 0.4) is 0 Å². The van der Waals surface area contributed by atoms with Crippen LogP contribution >= 0.6 is 15.9 Å². The van der Waals surface area contributed by atoms with E-state index in [0.717, 1.165) is 10.0 Å². The molecule has 102 valence electrons. The van der Waals surface area contributed by atoms with Crippen molar-refractivity contribution in [3.63, 3.8) is 0 Å². The number of sulfone groups is 1. The summed E-state index contributed by atoms with van der Waals surface area (Å²) in [5.41, 5.74) is 7.10. The maximum Gasteiger partial charge on any atom is 0.182 e. The number of hydrogen-bond donors (Lipinski definition) is 1. The SMILES string of the molecule is CS(=O)(=O)CCn1nnnc1-c1ccc(Br)c(N)c1. The van der Waals surface area contributed by atoms with Gasteiger partial charge in [0.25, 0.3) is 0 Å². The maximum absolute atomic E-state index is 11.2. The molecule has 0 aliphatic carbocycles. The Labute approximate surface area is 118 Å². The summed E-state index contributed by atoms with van der Waals surface area (Å²) in [6, 6.07) is 5.33. The van der Waals surface area contributed by atoms with Gasteiger partial charge < -0.3 is 5.73 Å². The average molecular weight is 346 g/mol. The molecule has 0 fully saturated rings. The van der Waals surface area contributed by atoms with Crippen LogP contribution < -0.4 is 5.73 Å². The van der Waals surface area contributed by atoms with Crippen molar-refractivity contribution in [3.05, 3.63) is 22.7 Å². The molecule has 9 heteroatoms. The number of aromatic nitrogens is 4. The Bertz CT molecular complexity index is 698. The Balaban J connectivity index is 2.30. The Morgan fingerprint density at radius 3 is 2.79 bits per heavy atom. The summed E-state index contributed by atoms with van der Waals surface area (Å²) in [6.45, 7) is 0.205. The molecule has 0 bridgehead atoms. The first-order chi connectivity index (χ1) is 8.87. The molecule has 1 aromatic heterocycles. The minimum absolute atomic E-state index is 0.0168. The Hall–Kier alpha value is -1.48. The lowest BCUT2D eigenvalue weighted by Gasteiger charge is -2.05. The van der Waals surface area contributed by atoms with Gasteiger partial charge in [-0.2, -0.15) is 0 Å². The van der Waals surface area contributed by atoms with E-state index in [2.05, 4.69) is 31.5 Å². The van der Waals surface area contributed by atoms with E-state index in [1.807, 2.05) is 6.07 Å². The van der Waals surface area contributed by atoms with Crippen molar-refractivity contribution >= 4 is 31.5 Å². The fourth-order valence-electron chi connectivity index (χ4n) is 1.50. The van der Waals surface area contributed by atoms with E-state index in [4.69, 9.17) is 5.73 Å². The van der Waals surface area contributed by atoms with E-state index in [1.165, 1.54) is 10.9 Å². The third-order valence-corrected chi connectivity index (χ3v) is 4.11. The Morgan fingerprint density at radius 2 is 2.16 bits per heavy atom. The van der Waals surface area contributed by atoms with Gasteiger partial charge in [0, 0.05) is 22.0 Å². The van der Waals surface area contributed by atoms with E-state index in [1.54, 1.807) is 12.1 Å². The molecule has 0 aliphatic heterocycles. The van der Waals surface area contributed by atoms with Crippen LogP contribution in [-0.4, -0.2) is 40.6 Å². The molecule has 19 heavy (non-hydrogen) atoms. The van der Waals surface area contributed by atoms with Gasteiger partial charge in [0.15, 0.2) is 5.82 Å². The highest BCUT2D eigenvalue weighted by Crippen LogP contribution is 2.25. The van der Waals surface area contributed by atoms with Gasteiger partial charge in [-0.25, -0.2) is 13.1 Å². The Morgan fingerprint density at radius 1 is 1.42 bits per heavy atom. The molecular weight excluding hydrogens is 334 g/mol. The summed E-state index contributed by atoms with van der Waals surface area (Å²) in [7, 11) is -3.06. The fourth-order valence-corrected chi connectivity index (χ4v) is 2.25. The first kappa shape index (κ1) is 13.9. The lowest BCUT2D eigenvalue weighted by atomic mass is 10.2. The summed E-state index contributed by atoms with van der Waals surface area (Å²) in [5.74, 6) is 0.472. The molecule has 7 nitrogen and oxygen atoms in total. The number of rotatable bonds is 4. The highest BCUT2D eigenvalue weighted by Gasteiger charge is 2.12. The van der Waals surface area contributed by atoms with Crippen LogP contribution in [0.5, 0.6) is 0 Å². The van der Waals surface area contributed by atoms with Crippen molar-refractivity contribution in [1.82, 2.24) is 20.2 Å². The number of nitrogens with two attached hydrogens (primary N) is 1. The first-order valence-electron chi connectivity index (χ1n) is 5.36. The van der Waals surface area contributed by atoms with Crippen molar-refractivity contribution in [2.75, 3.05) is 17.7 Å². The standard InChI is InChI=1S/C10H12BrN5O2S/c1-19(17,18)5-4-16-10(13-14-15-16)7-2-3-8(11)9(12)6-7/h2-3,6H,4-5,12H2,1H3. The van der Waals surface area contributed by atoms with E-state index < -0.39 is 9.84 Å². The quantitative estimate of drug-likeness (QED) is 0.819. The molecule has 1 aromatic carbocycles. The van der Waals surface area contributed by atoms with Crippen molar-refractivity contribution < 1.29 is 8.42 Å². The van der Waals surface area contributed by atoms with Crippen LogP contribution in [0.15, 0.2) is 22.7 Å². The van der Waals surface area contributed by atoms with Crippen LogP contribution in [0.1, 0.15) is 0 Å². The normalized spacial score (nSPS) is 11.7.